The molecule has 0 unspecified atom stereocenters. The highest BCUT2D eigenvalue weighted by Crippen LogP contribution is 2.39. The van der Waals surface area contributed by atoms with E-state index in [4.69, 9.17) is 37.4 Å². The number of hydrogen-bond acceptors (Lipinski definition) is 6. The first-order valence-corrected chi connectivity index (χ1v) is 9.92. The van der Waals surface area contributed by atoms with Crippen LogP contribution in [0.25, 0.3) is 6.08 Å². The van der Waals surface area contributed by atoms with Crippen LogP contribution in [0.5, 0.6) is 17.2 Å². The number of imide groups is 2. The van der Waals surface area contributed by atoms with Gasteiger partial charge in [-0.05, 0) is 24.3 Å². The van der Waals surface area contributed by atoms with Gasteiger partial charge >= 0.3 is 6.03 Å². The lowest BCUT2D eigenvalue weighted by Crippen LogP contribution is -2.54. The van der Waals surface area contributed by atoms with Crippen molar-refractivity contribution in [3.63, 3.8) is 0 Å². The van der Waals surface area contributed by atoms with E-state index in [1.165, 1.54) is 38.5 Å². The predicted molar refractivity (Wildman–Crippen MR) is 121 cm³/mol. The zero-order valence-electron chi connectivity index (χ0n) is 17.1. The molecular weight excluding hydrogens is 459 g/mol. The molecule has 0 aliphatic carbocycles. The van der Waals surface area contributed by atoms with E-state index in [2.05, 4.69) is 11.9 Å². The lowest BCUT2D eigenvalue weighted by molar-refractivity contribution is -0.122. The number of halogens is 2. The van der Waals surface area contributed by atoms with Gasteiger partial charge in [0, 0.05) is 22.7 Å². The van der Waals surface area contributed by atoms with E-state index in [1.807, 2.05) is 0 Å². The number of nitrogens with zero attached hydrogens (tertiary/aromatic N) is 1. The molecule has 166 valence electrons. The number of anilines is 1. The number of carbonyl (C=O) groups is 3. The topological polar surface area (TPSA) is 94.2 Å². The summed E-state index contributed by atoms with van der Waals surface area (Å²) >= 11 is 12.2. The maximum atomic E-state index is 13.3. The van der Waals surface area contributed by atoms with Gasteiger partial charge < -0.3 is 14.2 Å². The van der Waals surface area contributed by atoms with Crippen LogP contribution in [0, 0.1) is 0 Å². The largest absolute Gasteiger partial charge is 0.495 e. The van der Waals surface area contributed by atoms with Gasteiger partial charge in [-0.25, -0.2) is 9.69 Å². The van der Waals surface area contributed by atoms with Crippen molar-refractivity contribution in [2.24, 2.45) is 0 Å². The molecule has 0 atom stereocenters. The van der Waals surface area contributed by atoms with E-state index >= 15 is 0 Å². The zero-order valence-corrected chi connectivity index (χ0v) is 18.6. The lowest BCUT2D eigenvalue weighted by atomic mass is 10.1. The fraction of sp³-hybridized carbons (Fsp3) is 0.136. The second-order valence-corrected chi connectivity index (χ2v) is 7.24. The number of nitrogens with one attached hydrogen (secondary N) is 1. The molecule has 0 radical (unpaired) electrons. The number of carbonyl (C=O) groups excluding carboxylic acids is 3. The molecule has 1 saturated heterocycles. The number of methoxy groups -OCH3 is 2. The Kier molecular flexibility index (Phi) is 7.07. The van der Waals surface area contributed by atoms with Crippen molar-refractivity contribution in [2.45, 2.75) is 0 Å². The third-order valence-electron chi connectivity index (χ3n) is 4.42. The molecule has 10 heteroatoms. The molecule has 1 heterocycles. The summed E-state index contributed by atoms with van der Waals surface area (Å²) in [4.78, 5) is 39.1. The van der Waals surface area contributed by atoms with Crippen LogP contribution in [0.3, 0.4) is 0 Å². The normalized spacial score (nSPS) is 14.9. The smallest absolute Gasteiger partial charge is 0.336 e. The van der Waals surface area contributed by atoms with Gasteiger partial charge in [0.05, 0.1) is 24.9 Å². The van der Waals surface area contributed by atoms with Crippen LogP contribution < -0.4 is 24.4 Å². The van der Waals surface area contributed by atoms with Crippen LogP contribution in [0.4, 0.5) is 10.5 Å². The molecule has 4 amide bonds. The fourth-order valence-electron chi connectivity index (χ4n) is 2.96. The van der Waals surface area contributed by atoms with Crippen LogP contribution in [0.15, 0.2) is 48.6 Å². The second kappa shape index (κ2) is 9.76. The quantitative estimate of drug-likeness (QED) is 0.364. The maximum Gasteiger partial charge on any atom is 0.336 e. The Balaban J connectivity index is 2.11. The molecule has 1 aliphatic rings. The van der Waals surface area contributed by atoms with E-state index in [-0.39, 0.29) is 34.4 Å². The van der Waals surface area contributed by atoms with Gasteiger partial charge in [-0.15, -0.1) is 0 Å². The monoisotopic (exact) mass is 476 g/mol. The molecule has 8 nitrogen and oxygen atoms in total. The summed E-state index contributed by atoms with van der Waals surface area (Å²) in [6.07, 6.45) is 2.84. The predicted octanol–water partition coefficient (Wildman–Crippen LogP) is 4.24. The molecule has 1 N–H and O–H groups in total. The van der Waals surface area contributed by atoms with Crippen molar-refractivity contribution >= 4 is 52.8 Å². The van der Waals surface area contributed by atoms with Crippen LogP contribution in [-0.2, 0) is 9.59 Å². The molecule has 32 heavy (non-hydrogen) atoms. The van der Waals surface area contributed by atoms with Gasteiger partial charge in [0.15, 0.2) is 0 Å². The summed E-state index contributed by atoms with van der Waals surface area (Å²) in [5.41, 5.74) is 0.1000. The van der Waals surface area contributed by atoms with E-state index in [0.717, 1.165) is 4.90 Å². The van der Waals surface area contributed by atoms with Crippen molar-refractivity contribution in [1.82, 2.24) is 5.32 Å². The number of urea groups is 1. The Morgan fingerprint density at radius 2 is 1.75 bits per heavy atom. The van der Waals surface area contributed by atoms with Crippen LogP contribution in [0.2, 0.25) is 10.0 Å². The molecule has 0 saturated carbocycles. The van der Waals surface area contributed by atoms with Gasteiger partial charge in [0.25, 0.3) is 11.8 Å². The molecule has 0 aromatic heterocycles. The average molecular weight is 477 g/mol. The van der Waals surface area contributed by atoms with E-state index in [9.17, 15) is 14.4 Å². The SMILES string of the molecule is C=CCOc1ccc(Cl)cc1/C=C1\C(=O)NC(=O)N(c2cc(OC)c(Cl)cc2OC)C1=O. The highest BCUT2D eigenvalue weighted by atomic mass is 35.5. The summed E-state index contributed by atoms with van der Waals surface area (Å²) in [6.45, 7) is 3.79. The van der Waals surface area contributed by atoms with E-state index in [1.54, 1.807) is 18.2 Å². The molecule has 0 spiro atoms. The maximum absolute atomic E-state index is 13.3. The number of benzene rings is 2. The van der Waals surface area contributed by atoms with Gasteiger partial charge in [-0.2, -0.15) is 0 Å². The first kappa shape index (κ1) is 23.2. The van der Waals surface area contributed by atoms with E-state index in [0.29, 0.717) is 16.3 Å². The first-order chi connectivity index (χ1) is 15.3. The van der Waals surface area contributed by atoms with Gasteiger partial charge in [-0.1, -0.05) is 35.9 Å². The fourth-order valence-corrected chi connectivity index (χ4v) is 3.37. The number of rotatable bonds is 7. The average Bonchev–Trinajstić information content (AvgIpc) is 2.76. The van der Waals surface area contributed by atoms with Crippen molar-refractivity contribution in [3.8, 4) is 17.2 Å². The number of ether oxygens (including phenoxy) is 3. The Bertz CT molecular complexity index is 1150. The summed E-state index contributed by atoms with van der Waals surface area (Å²) in [5.74, 6) is -1.04. The summed E-state index contributed by atoms with van der Waals surface area (Å²) in [5, 5.41) is 2.73. The standard InChI is InChI=1S/C22H18Cl2N2O6/c1-4-7-32-17-6-5-13(23)8-12(17)9-14-20(27)25-22(29)26(21(14)28)16-11-18(30-2)15(24)10-19(16)31-3/h4-6,8-11H,1,7H2,2-3H3,(H,25,27,29)/b14-9+. The molecule has 1 aliphatic heterocycles. The molecule has 3 rings (SSSR count). The van der Waals surface area contributed by atoms with Crippen LogP contribution in [-0.4, -0.2) is 38.7 Å². The molecule has 0 bridgehead atoms. The van der Waals surface area contributed by atoms with Gasteiger partial charge in [0.1, 0.15) is 29.4 Å². The van der Waals surface area contributed by atoms with Gasteiger partial charge in [0.2, 0.25) is 0 Å². The Labute approximate surface area is 193 Å². The highest BCUT2D eigenvalue weighted by Gasteiger charge is 2.38. The first-order valence-electron chi connectivity index (χ1n) is 9.17. The minimum Gasteiger partial charge on any atom is -0.495 e. The zero-order chi connectivity index (χ0) is 23.4. The molecular formula is C22H18Cl2N2O6. The van der Waals surface area contributed by atoms with Crippen LogP contribution >= 0.6 is 23.2 Å². The Morgan fingerprint density at radius 3 is 2.41 bits per heavy atom. The number of barbiturate groups is 1. The molecule has 2 aromatic carbocycles. The lowest BCUT2D eigenvalue weighted by Gasteiger charge is -2.28. The summed E-state index contributed by atoms with van der Waals surface area (Å²) in [6, 6.07) is 6.54. The molecule has 1 fully saturated rings. The second-order valence-electron chi connectivity index (χ2n) is 6.40. The van der Waals surface area contributed by atoms with Crippen molar-refractivity contribution in [3.05, 3.63) is 64.2 Å². The van der Waals surface area contributed by atoms with Crippen molar-refractivity contribution in [1.29, 1.82) is 0 Å². The van der Waals surface area contributed by atoms with Crippen molar-refractivity contribution < 1.29 is 28.6 Å². The van der Waals surface area contributed by atoms with Gasteiger partial charge in [-0.3, -0.25) is 14.9 Å². The minimum absolute atomic E-state index is 0.0453. The Morgan fingerprint density at radius 1 is 1.03 bits per heavy atom. The Hall–Kier alpha value is -3.49. The molecule has 2 aromatic rings. The van der Waals surface area contributed by atoms with E-state index < -0.39 is 17.8 Å². The third kappa shape index (κ3) is 4.56. The minimum atomic E-state index is -0.950. The number of amides is 4. The summed E-state index contributed by atoms with van der Waals surface area (Å²) < 4.78 is 16.0. The number of hydrogen-bond donors (Lipinski definition) is 1. The summed E-state index contributed by atoms with van der Waals surface area (Å²) in [7, 11) is 2.74. The van der Waals surface area contributed by atoms with Crippen LogP contribution in [0.1, 0.15) is 5.56 Å². The highest BCUT2D eigenvalue weighted by molar-refractivity contribution is 6.40. The van der Waals surface area contributed by atoms with Crippen molar-refractivity contribution in [2.75, 3.05) is 25.7 Å². The third-order valence-corrected chi connectivity index (χ3v) is 4.95.